The van der Waals surface area contributed by atoms with E-state index in [9.17, 15) is 13.2 Å². The number of carbonyl (C=O) groups is 1. The average Bonchev–Trinajstić information content (AvgIpc) is 3.18. The van der Waals surface area contributed by atoms with Crippen LogP contribution in [0.4, 0.5) is 5.69 Å². The van der Waals surface area contributed by atoms with Gasteiger partial charge in [0.25, 0.3) is 0 Å². The van der Waals surface area contributed by atoms with E-state index < -0.39 is 15.9 Å². The molecular formula is C20H20ClN3O4S. The van der Waals surface area contributed by atoms with Crippen molar-refractivity contribution in [3.63, 3.8) is 0 Å². The van der Waals surface area contributed by atoms with Crippen molar-refractivity contribution in [1.82, 2.24) is 9.29 Å². The van der Waals surface area contributed by atoms with Gasteiger partial charge in [-0.3, -0.25) is 4.79 Å². The van der Waals surface area contributed by atoms with E-state index in [1.54, 1.807) is 12.1 Å². The molecule has 0 radical (unpaired) electrons. The van der Waals surface area contributed by atoms with Gasteiger partial charge in [-0.25, -0.2) is 13.4 Å². The zero-order chi connectivity index (χ0) is 21.0. The van der Waals surface area contributed by atoms with Gasteiger partial charge in [-0.2, -0.15) is 4.31 Å². The predicted molar refractivity (Wildman–Crippen MR) is 110 cm³/mol. The lowest BCUT2D eigenvalue weighted by molar-refractivity contribution is -0.116. The molecule has 0 unspecified atom stereocenters. The molecule has 0 bridgehead atoms. The van der Waals surface area contributed by atoms with Crippen LogP contribution in [0, 0.1) is 13.8 Å². The van der Waals surface area contributed by atoms with Crippen LogP contribution in [-0.4, -0.2) is 30.2 Å². The SMILES string of the molecule is Cc1cccc(C)c1NC(=O)CN(Cc1ccco1)S(=O)(=O)c1ccc(Cl)nc1. The van der Waals surface area contributed by atoms with E-state index >= 15 is 0 Å². The van der Waals surface area contributed by atoms with E-state index in [0.29, 0.717) is 11.4 Å². The van der Waals surface area contributed by atoms with Gasteiger partial charge in [-0.1, -0.05) is 29.8 Å². The molecule has 2 aromatic heterocycles. The second kappa shape index (κ2) is 8.77. The third-order valence-corrected chi connectivity index (χ3v) is 6.31. The first-order chi connectivity index (χ1) is 13.8. The molecule has 1 N–H and O–H groups in total. The molecule has 3 rings (SSSR count). The third-order valence-electron chi connectivity index (χ3n) is 4.32. The molecule has 0 aliphatic rings. The van der Waals surface area contributed by atoms with Crippen molar-refractivity contribution < 1.29 is 17.6 Å². The van der Waals surface area contributed by atoms with Crippen molar-refractivity contribution in [2.75, 3.05) is 11.9 Å². The van der Waals surface area contributed by atoms with Gasteiger partial charge in [0.1, 0.15) is 15.8 Å². The molecule has 0 saturated carbocycles. The van der Waals surface area contributed by atoms with Crippen LogP contribution in [0.5, 0.6) is 0 Å². The summed E-state index contributed by atoms with van der Waals surface area (Å²) in [6.45, 7) is 3.26. The Bertz CT molecular complexity index is 1080. The maximum atomic E-state index is 13.1. The van der Waals surface area contributed by atoms with Crippen molar-refractivity contribution >= 4 is 33.2 Å². The van der Waals surface area contributed by atoms with Crippen LogP contribution < -0.4 is 5.32 Å². The lowest BCUT2D eigenvalue weighted by atomic mass is 10.1. The molecule has 29 heavy (non-hydrogen) atoms. The Labute approximate surface area is 174 Å². The van der Waals surface area contributed by atoms with Gasteiger partial charge in [0.2, 0.25) is 15.9 Å². The number of anilines is 1. The van der Waals surface area contributed by atoms with E-state index in [1.165, 1.54) is 18.4 Å². The van der Waals surface area contributed by atoms with Gasteiger partial charge in [0.15, 0.2) is 0 Å². The second-order valence-electron chi connectivity index (χ2n) is 6.48. The molecule has 0 aliphatic heterocycles. The molecule has 9 heteroatoms. The number of nitrogens with zero attached hydrogens (tertiary/aromatic N) is 2. The maximum absolute atomic E-state index is 13.1. The van der Waals surface area contributed by atoms with Gasteiger partial charge in [0, 0.05) is 11.9 Å². The third kappa shape index (κ3) is 5.03. The maximum Gasteiger partial charge on any atom is 0.245 e. The molecule has 0 saturated heterocycles. The topological polar surface area (TPSA) is 92.5 Å². The van der Waals surface area contributed by atoms with E-state index in [0.717, 1.165) is 21.6 Å². The van der Waals surface area contributed by atoms with Crippen LogP contribution in [0.3, 0.4) is 0 Å². The monoisotopic (exact) mass is 433 g/mol. The molecule has 7 nitrogen and oxygen atoms in total. The van der Waals surface area contributed by atoms with Crippen LogP contribution in [0.15, 0.2) is 64.2 Å². The van der Waals surface area contributed by atoms with Gasteiger partial charge >= 0.3 is 0 Å². The number of hydrogen-bond acceptors (Lipinski definition) is 5. The predicted octanol–water partition coefficient (Wildman–Crippen LogP) is 3.77. The summed E-state index contributed by atoms with van der Waals surface area (Å²) in [5.74, 6) is -0.0465. The Balaban J connectivity index is 1.87. The molecule has 0 atom stereocenters. The minimum Gasteiger partial charge on any atom is -0.468 e. The largest absolute Gasteiger partial charge is 0.468 e. The summed E-state index contributed by atoms with van der Waals surface area (Å²) < 4.78 is 32.5. The Hall–Kier alpha value is -2.68. The molecule has 0 spiro atoms. The number of nitrogens with one attached hydrogen (secondary N) is 1. The van der Waals surface area contributed by atoms with E-state index in [2.05, 4.69) is 10.3 Å². The highest BCUT2D eigenvalue weighted by Crippen LogP contribution is 2.22. The summed E-state index contributed by atoms with van der Waals surface area (Å²) in [6.07, 6.45) is 2.61. The van der Waals surface area contributed by atoms with Crippen molar-refractivity contribution in [1.29, 1.82) is 0 Å². The molecule has 3 aromatic rings. The van der Waals surface area contributed by atoms with Crippen LogP contribution in [0.1, 0.15) is 16.9 Å². The van der Waals surface area contributed by atoms with E-state index in [4.69, 9.17) is 16.0 Å². The highest BCUT2D eigenvalue weighted by molar-refractivity contribution is 7.89. The number of pyridine rings is 1. The summed E-state index contributed by atoms with van der Waals surface area (Å²) in [4.78, 5) is 16.5. The molecule has 0 fully saturated rings. The average molecular weight is 434 g/mol. The van der Waals surface area contributed by atoms with E-state index in [1.807, 2.05) is 32.0 Å². The first-order valence-corrected chi connectivity index (χ1v) is 10.6. The van der Waals surface area contributed by atoms with Crippen LogP contribution in [0.2, 0.25) is 5.15 Å². The molecular weight excluding hydrogens is 414 g/mol. The molecule has 152 valence electrons. The number of aromatic nitrogens is 1. The van der Waals surface area contributed by atoms with Gasteiger partial charge in [-0.05, 0) is 49.2 Å². The molecule has 1 aromatic carbocycles. The lowest BCUT2D eigenvalue weighted by Gasteiger charge is -2.21. The summed E-state index contributed by atoms with van der Waals surface area (Å²) in [5, 5.41) is 2.98. The lowest BCUT2D eigenvalue weighted by Crippen LogP contribution is -2.37. The minimum absolute atomic E-state index is 0.0617. The number of rotatable bonds is 7. The fourth-order valence-electron chi connectivity index (χ4n) is 2.82. The van der Waals surface area contributed by atoms with Crippen LogP contribution >= 0.6 is 11.6 Å². The molecule has 1 amide bonds. The van der Waals surface area contributed by atoms with Gasteiger partial charge < -0.3 is 9.73 Å². The van der Waals surface area contributed by atoms with Gasteiger partial charge in [-0.15, -0.1) is 0 Å². The van der Waals surface area contributed by atoms with Crippen molar-refractivity contribution in [3.8, 4) is 0 Å². The normalized spacial score (nSPS) is 11.6. The number of aryl methyl sites for hydroxylation is 2. The second-order valence-corrected chi connectivity index (χ2v) is 8.81. The molecule has 0 aliphatic carbocycles. The zero-order valence-corrected chi connectivity index (χ0v) is 17.5. The first kappa shape index (κ1) is 21.0. The number of hydrogen-bond donors (Lipinski definition) is 1. The van der Waals surface area contributed by atoms with Crippen molar-refractivity contribution in [2.24, 2.45) is 0 Å². The Morgan fingerprint density at radius 1 is 1.14 bits per heavy atom. The van der Waals surface area contributed by atoms with E-state index in [-0.39, 0.29) is 23.1 Å². The van der Waals surface area contributed by atoms with Crippen LogP contribution in [0.25, 0.3) is 0 Å². The fraction of sp³-hybridized carbons (Fsp3) is 0.200. The standard InChI is InChI=1S/C20H20ClN3O4S/c1-14-5-3-6-15(2)20(14)23-19(25)13-24(12-16-7-4-10-28-16)29(26,27)17-8-9-18(21)22-11-17/h3-11H,12-13H2,1-2H3,(H,23,25). The summed E-state index contributed by atoms with van der Waals surface area (Å²) in [7, 11) is -4.01. The zero-order valence-electron chi connectivity index (χ0n) is 15.9. The summed E-state index contributed by atoms with van der Waals surface area (Å²) in [6, 6.07) is 11.7. The number of para-hydroxylation sites is 1. The van der Waals surface area contributed by atoms with Crippen molar-refractivity contribution in [3.05, 3.63) is 77.0 Å². The fourth-order valence-corrected chi connectivity index (χ4v) is 4.24. The quantitative estimate of drug-likeness (QED) is 0.572. The van der Waals surface area contributed by atoms with Crippen LogP contribution in [-0.2, 0) is 21.4 Å². The number of carbonyl (C=O) groups excluding carboxylic acids is 1. The Morgan fingerprint density at radius 3 is 2.45 bits per heavy atom. The minimum atomic E-state index is -4.01. The number of halogens is 1. The number of sulfonamides is 1. The molecule has 2 heterocycles. The summed E-state index contributed by atoms with van der Waals surface area (Å²) in [5.41, 5.74) is 2.45. The highest BCUT2D eigenvalue weighted by atomic mass is 35.5. The van der Waals surface area contributed by atoms with Gasteiger partial charge in [0.05, 0.1) is 19.4 Å². The number of furan rings is 1. The Morgan fingerprint density at radius 2 is 1.86 bits per heavy atom. The summed E-state index contributed by atoms with van der Waals surface area (Å²) >= 11 is 5.76. The highest BCUT2D eigenvalue weighted by Gasteiger charge is 2.28. The smallest absolute Gasteiger partial charge is 0.245 e. The van der Waals surface area contributed by atoms with Crippen molar-refractivity contribution in [2.45, 2.75) is 25.3 Å². The number of benzene rings is 1. The Kier molecular flexibility index (Phi) is 6.36. The number of amides is 1. The first-order valence-electron chi connectivity index (χ1n) is 8.77.